The van der Waals surface area contributed by atoms with E-state index in [1.54, 1.807) is 6.07 Å². The number of hydrogen-bond donors (Lipinski definition) is 1. The van der Waals surface area contributed by atoms with E-state index in [4.69, 9.17) is 0 Å². The first-order valence-electron chi connectivity index (χ1n) is 8.31. The van der Waals surface area contributed by atoms with Crippen LogP contribution < -0.4 is 5.32 Å². The molecule has 2 atom stereocenters. The maximum absolute atomic E-state index is 13.2. The zero-order valence-corrected chi connectivity index (χ0v) is 13.7. The molecule has 4 rings (SSSR count). The summed E-state index contributed by atoms with van der Waals surface area (Å²) in [6.45, 7) is 1.68. The normalized spacial score (nSPS) is 24.5. The minimum absolute atomic E-state index is 0.0754. The number of thiazole rings is 1. The lowest BCUT2D eigenvalue weighted by Crippen LogP contribution is -2.46. The number of piperidine rings is 1. The number of urea groups is 1. The SMILES string of the molecule is O=C(Nc1nc2ccc(F)cc2s1)N1CC[C@H]2CCCC[C@@H]2C1. The fraction of sp³-hybridized carbons (Fsp3) is 0.529. The second-order valence-electron chi connectivity index (χ2n) is 6.60. The third-order valence-corrected chi connectivity index (χ3v) is 6.08. The van der Waals surface area contributed by atoms with Crippen molar-refractivity contribution in [3.63, 3.8) is 0 Å². The van der Waals surface area contributed by atoms with Gasteiger partial charge >= 0.3 is 6.03 Å². The van der Waals surface area contributed by atoms with Gasteiger partial charge in [0.15, 0.2) is 5.13 Å². The quantitative estimate of drug-likeness (QED) is 0.836. The van der Waals surface area contributed by atoms with E-state index in [1.165, 1.54) is 49.2 Å². The van der Waals surface area contributed by atoms with E-state index in [0.29, 0.717) is 11.0 Å². The predicted molar refractivity (Wildman–Crippen MR) is 90.2 cm³/mol. The van der Waals surface area contributed by atoms with Crippen LogP contribution >= 0.6 is 11.3 Å². The number of rotatable bonds is 1. The van der Waals surface area contributed by atoms with E-state index in [9.17, 15) is 9.18 Å². The summed E-state index contributed by atoms with van der Waals surface area (Å²) in [5.74, 6) is 1.18. The maximum Gasteiger partial charge on any atom is 0.323 e. The van der Waals surface area contributed by atoms with Crippen molar-refractivity contribution in [2.75, 3.05) is 18.4 Å². The molecule has 1 aliphatic heterocycles. The zero-order valence-electron chi connectivity index (χ0n) is 12.9. The smallest absolute Gasteiger partial charge is 0.323 e. The van der Waals surface area contributed by atoms with E-state index in [2.05, 4.69) is 10.3 Å². The summed E-state index contributed by atoms with van der Waals surface area (Å²) in [6.07, 6.45) is 6.32. The van der Waals surface area contributed by atoms with Gasteiger partial charge in [0.1, 0.15) is 5.82 Å². The molecule has 0 radical (unpaired) electrons. The highest BCUT2D eigenvalue weighted by molar-refractivity contribution is 7.22. The van der Waals surface area contributed by atoms with Gasteiger partial charge in [-0.05, 0) is 42.9 Å². The molecule has 6 heteroatoms. The third kappa shape index (κ3) is 3.04. The summed E-state index contributed by atoms with van der Waals surface area (Å²) < 4.78 is 14.0. The molecule has 4 nitrogen and oxygen atoms in total. The molecule has 1 N–H and O–H groups in total. The van der Waals surface area contributed by atoms with Gasteiger partial charge in [0.2, 0.25) is 0 Å². The van der Waals surface area contributed by atoms with E-state index >= 15 is 0 Å². The van der Waals surface area contributed by atoms with Crippen LogP contribution in [0.15, 0.2) is 18.2 Å². The van der Waals surface area contributed by atoms with Crippen LogP contribution in [0.3, 0.4) is 0 Å². The molecular formula is C17H20FN3OS. The van der Waals surface area contributed by atoms with Gasteiger partial charge in [0, 0.05) is 13.1 Å². The van der Waals surface area contributed by atoms with Gasteiger partial charge in [-0.1, -0.05) is 30.6 Å². The van der Waals surface area contributed by atoms with Gasteiger partial charge in [0.25, 0.3) is 0 Å². The molecule has 2 amide bonds. The van der Waals surface area contributed by atoms with Gasteiger partial charge in [-0.2, -0.15) is 0 Å². The van der Waals surface area contributed by atoms with Gasteiger partial charge < -0.3 is 4.90 Å². The number of fused-ring (bicyclic) bond motifs is 2. The van der Waals surface area contributed by atoms with E-state index in [-0.39, 0.29) is 11.8 Å². The van der Waals surface area contributed by atoms with E-state index < -0.39 is 0 Å². The molecular weight excluding hydrogens is 313 g/mol. The first kappa shape index (κ1) is 14.9. The molecule has 1 aromatic carbocycles. The Morgan fingerprint density at radius 3 is 2.96 bits per heavy atom. The van der Waals surface area contributed by atoms with Crippen LogP contribution in [-0.4, -0.2) is 29.0 Å². The maximum atomic E-state index is 13.2. The van der Waals surface area contributed by atoms with Crippen LogP contribution in [0, 0.1) is 17.7 Å². The van der Waals surface area contributed by atoms with Crippen LogP contribution in [0.1, 0.15) is 32.1 Å². The molecule has 0 bridgehead atoms. The molecule has 2 fully saturated rings. The Morgan fingerprint density at radius 1 is 1.26 bits per heavy atom. The number of nitrogens with one attached hydrogen (secondary N) is 1. The molecule has 0 unspecified atom stereocenters. The Balaban J connectivity index is 1.44. The number of halogens is 1. The Morgan fingerprint density at radius 2 is 2.09 bits per heavy atom. The molecule has 1 aliphatic carbocycles. The van der Waals surface area contributed by atoms with Crippen molar-refractivity contribution in [2.45, 2.75) is 32.1 Å². The van der Waals surface area contributed by atoms with Crippen molar-refractivity contribution in [3.05, 3.63) is 24.0 Å². The fourth-order valence-electron chi connectivity index (χ4n) is 3.91. The highest BCUT2D eigenvalue weighted by Crippen LogP contribution is 2.36. The number of carbonyl (C=O) groups excluding carboxylic acids is 1. The molecule has 2 heterocycles. The van der Waals surface area contributed by atoms with Gasteiger partial charge in [-0.15, -0.1) is 0 Å². The Bertz CT molecular complexity index is 732. The van der Waals surface area contributed by atoms with Gasteiger partial charge in [-0.3, -0.25) is 5.32 Å². The zero-order chi connectivity index (χ0) is 15.8. The van der Waals surface area contributed by atoms with Crippen molar-refractivity contribution in [2.24, 2.45) is 11.8 Å². The van der Waals surface area contributed by atoms with E-state index in [0.717, 1.165) is 35.6 Å². The summed E-state index contributed by atoms with van der Waals surface area (Å²) in [5, 5.41) is 3.43. The van der Waals surface area contributed by atoms with Crippen LogP contribution in [0.25, 0.3) is 10.2 Å². The number of aromatic nitrogens is 1. The van der Waals surface area contributed by atoms with Crippen molar-refractivity contribution < 1.29 is 9.18 Å². The van der Waals surface area contributed by atoms with Gasteiger partial charge in [-0.25, -0.2) is 14.2 Å². The Kier molecular flexibility index (Phi) is 3.93. The summed E-state index contributed by atoms with van der Waals surface area (Å²) in [7, 11) is 0. The van der Waals surface area contributed by atoms with Crippen molar-refractivity contribution >= 4 is 32.7 Å². The van der Waals surface area contributed by atoms with Gasteiger partial charge in [0.05, 0.1) is 10.2 Å². The third-order valence-electron chi connectivity index (χ3n) is 5.14. The number of carbonyl (C=O) groups is 1. The number of benzene rings is 1. The van der Waals surface area contributed by atoms with Crippen molar-refractivity contribution in [1.29, 1.82) is 0 Å². The number of nitrogens with zero attached hydrogens (tertiary/aromatic N) is 2. The molecule has 1 aromatic heterocycles. The minimum Gasteiger partial charge on any atom is -0.324 e. The van der Waals surface area contributed by atoms with Crippen LogP contribution in [0.4, 0.5) is 14.3 Å². The number of anilines is 1. The molecule has 0 spiro atoms. The molecule has 2 aliphatic rings. The number of amides is 2. The standard InChI is InChI=1S/C17H20FN3OS/c18-13-5-6-14-15(9-13)23-16(19-14)20-17(22)21-8-7-11-3-1-2-4-12(11)10-21/h5-6,9,11-12H,1-4,7-8,10H2,(H,19,20,22)/t11-,12-/m1/s1. The lowest BCUT2D eigenvalue weighted by molar-refractivity contribution is 0.108. The average Bonchev–Trinajstić information content (AvgIpc) is 2.95. The second kappa shape index (κ2) is 6.07. The topological polar surface area (TPSA) is 45.2 Å². The first-order chi connectivity index (χ1) is 11.2. The summed E-state index contributed by atoms with van der Waals surface area (Å²) in [5.41, 5.74) is 0.720. The molecule has 23 heavy (non-hydrogen) atoms. The Labute approximate surface area is 138 Å². The number of likely N-dealkylation sites (tertiary alicyclic amines) is 1. The molecule has 1 saturated carbocycles. The highest BCUT2D eigenvalue weighted by Gasteiger charge is 2.33. The first-order valence-corrected chi connectivity index (χ1v) is 9.13. The van der Waals surface area contributed by atoms with Crippen LogP contribution in [-0.2, 0) is 0 Å². The average molecular weight is 333 g/mol. The lowest BCUT2D eigenvalue weighted by atomic mass is 9.75. The largest absolute Gasteiger partial charge is 0.324 e. The summed E-state index contributed by atoms with van der Waals surface area (Å²) in [4.78, 5) is 18.8. The fourth-order valence-corrected chi connectivity index (χ4v) is 4.79. The molecule has 122 valence electrons. The molecule has 1 saturated heterocycles. The predicted octanol–water partition coefficient (Wildman–Crippen LogP) is 4.48. The summed E-state index contributed by atoms with van der Waals surface area (Å²) >= 11 is 1.32. The van der Waals surface area contributed by atoms with Crippen LogP contribution in [0.2, 0.25) is 0 Å². The van der Waals surface area contributed by atoms with E-state index in [1.807, 2.05) is 4.90 Å². The monoisotopic (exact) mass is 333 g/mol. The van der Waals surface area contributed by atoms with Crippen molar-refractivity contribution in [3.8, 4) is 0 Å². The highest BCUT2D eigenvalue weighted by atomic mass is 32.1. The Hall–Kier alpha value is -1.69. The van der Waals surface area contributed by atoms with Crippen molar-refractivity contribution in [1.82, 2.24) is 9.88 Å². The van der Waals surface area contributed by atoms with Crippen LogP contribution in [0.5, 0.6) is 0 Å². The minimum atomic E-state index is -0.279. The lowest BCUT2D eigenvalue weighted by Gasteiger charge is -2.41. The molecule has 2 aromatic rings. The number of hydrogen-bond acceptors (Lipinski definition) is 3. The summed E-state index contributed by atoms with van der Waals surface area (Å²) in [6, 6.07) is 4.41. The second-order valence-corrected chi connectivity index (χ2v) is 7.63.